The molecule has 1 aromatic carbocycles. The lowest BCUT2D eigenvalue weighted by Gasteiger charge is -2.43. The molecule has 0 radical (unpaired) electrons. The molecule has 0 unspecified atom stereocenters. The highest BCUT2D eigenvalue weighted by Gasteiger charge is 2.42. The minimum Gasteiger partial charge on any atom is -0.454 e. The quantitative estimate of drug-likeness (QED) is 0.902. The van der Waals surface area contributed by atoms with Gasteiger partial charge in [0, 0.05) is 12.6 Å². The van der Waals surface area contributed by atoms with Gasteiger partial charge in [-0.3, -0.25) is 0 Å². The summed E-state index contributed by atoms with van der Waals surface area (Å²) in [4.78, 5) is 0. The minimum absolute atomic E-state index is 0.0787. The molecular weight excluding hydrogens is 242 g/mol. The third-order valence-electron chi connectivity index (χ3n) is 3.90. The van der Waals surface area contributed by atoms with E-state index in [0.717, 1.165) is 31.3 Å². The first-order chi connectivity index (χ1) is 9.11. The summed E-state index contributed by atoms with van der Waals surface area (Å²) in [6, 6.07) is 4.68. The fraction of sp³-hybridized carbons (Fsp3) is 0.600. The first-order valence-electron chi connectivity index (χ1n) is 6.83. The van der Waals surface area contributed by atoms with Crippen molar-refractivity contribution in [2.24, 2.45) is 0 Å². The van der Waals surface area contributed by atoms with E-state index in [2.05, 4.69) is 38.2 Å². The Kier molecular flexibility index (Phi) is 3.15. The van der Waals surface area contributed by atoms with Crippen molar-refractivity contribution in [3.05, 3.63) is 23.3 Å². The summed E-state index contributed by atoms with van der Waals surface area (Å²) in [5.41, 5.74) is 2.64. The van der Waals surface area contributed by atoms with Gasteiger partial charge in [0.05, 0.1) is 18.6 Å². The summed E-state index contributed by atoms with van der Waals surface area (Å²) in [5, 5.41) is 3.53. The maximum atomic E-state index is 5.50. The van der Waals surface area contributed by atoms with Crippen LogP contribution in [0.25, 0.3) is 0 Å². The van der Waals surface area contributed by atoms with Gasteiger partial charge in [-0.15, -0.1) is 0 Å². The number of rotatable bonds is 4. The monoisotopic (exact) mass is 263 g/mol. The van der Waals surface area contributed by atoms with Gasteiger partial charge in [0.25, 0.3) is 0 Å². The summed E-state index contributed by atoms with van der Waals surface area (Å²) in [5.74, 6) is 1.71. The van der Waals surface area contributed by atoms with Crippen LogP contribution in [0.1, 0.15) is 25.0 Å². The van der Waals surface area contributed by atoms with Crippen molar-refractivity contribution >= 4 is 0 Å². The van der Waals surface area contributed by atoms with Gasteiger partial charge in [-0.2, -0.15) is 0 Å². The molecule has 4 nitrogen and oxygen atoms in total. The van der Waals surface area contributed by atoms with Gasteiger partial charge in [-0.05, 0) is 30.2 Å². The van der Waals surface area contributed by atoms with Gasteiger partial charge in [-0.1, -0.05) is 13.8 Å². The number of hydrogen-bond donors (Lipinski definition) is 1. The molecule has 104 valence electrons. The molecule has 2 heterocycles. The van der Waals surface area contributed by atoms with Crippen molar-refractivity contribution in [3.8, 4) is 11.5 Å². The normalized spacial score (nSPS) is 19.6. The zero-order valence-corrected chi connectivity index (χ0v) is 11.8. The SMILES string of the molecule is Cc1cc2c(cc1C1(CNC(C)C)COC1)OCO2. The van der Waals surface area contributed by atoms with Crippen molar-refractivity contribution in [1.29, 1.82) is 0 Å². The van der Waals surface area contributed by atoms with E-state index in [1.165, 1.54) is 11.1 Å². The van der Waals surface area contributed by atoms with Crippen LogP contribution in [0, 0.1) is 6.92 Å². The number of benzene rings is 1. The molecule has 19 heavy (non-hydrogen) atoms. The molecule has 0 bridgehead atoms. The molecule has 3 rings (SSSR count). The van der Waals surface area contributed by atoms with E-state index in [1.54, 1.807) is 0 Å². The van der Waals surface area contributed by atoms with Gasteiger partial charge >= 0.3 is 0 Å². The van der Waals surface area contributed by atoms with Crippen LogP contribution in [0.5, 0.6) is 11.5 Å². The second-order valence-electron chi connectivity index (χ2n) is 5.83. The van der Waals surface area contributed by atoms with Crippen LogP contribution in [0.15, 0.2) is 12.1 Å². The molecule has 0 saturated carbocycles. The Hall–Kier alpha value is -1.26. The predicted molar refractivity (Wildman–Crippen MR) is 72.9 cm³/mol. The molecule has 1 saturated heterocycles. The number of ether oxygens (including phenoxy) is 3. The van der Waals surface area contributed by atoms with Crippen molar-refractivity contribution in [1.82, 2.24) is 5.32 Å². The average molecular weight is 263 g/mol. The Labute approximate surface area is 114 Å². The Bertz CT molecular complexity index is 481. The van der Waals surface area contributed by atoms with Crippen molar-refractivity contribution in [2.75, 3.05) is 26.6 Å². The molecule has 4 heteroatoms. The number of hydrogen-bond acceptors (Lipinski definition) is 4. The summed E-state index contributed by atoms with van der Waals surface area (Å²) in [6.45, 7) is 9.27. The highest BCUT2D eigenvalue weighted by Crippen LogP contribution is 2.41. The summed E-state index contributed by atoms with van der Waals surface area (Å²) < 4.78 is 16.4. The van der Waals surface area contributed by atoms with E-state index in [4.69, 9.17) is 14.2 Å². The molecule has 0 aromatic heterocycles. The lowest BCUT2D eigenvalue weighted by atomic mass is 9.76. The molecule has 1 N–H and O–H groups in total. The minimum atomic E-state index is 0.0787. The molecule has 2 aliphatic rings. The Morgan fingerprint density at radius 1 is 1.21 bits per heavy atom. The third-order valence-corrected chi connectivity index (χ3v) is 3.90. The molecule has 0 amide bonds. The van der Waals surface area contributed by atoms with Crippen molar-refractivity contribution in [2.45, 2.75) is 32.2 Å². The zero-order valence-electron chi connectivity index (χ0n) is 11.8. The second-order valence-corrected chi connectivity index (χ2v) is 5.83. The Balaban J connectivity index is 1.91. The lowest BCUT2D eigenvalue weighted by Crippen LogP contribution is -2.54. The van der Waals surface area contributed by atoms with Gasteiger partial charge in [-0.25, -0.2) is 0 Å². The van der Waals surface area contributed by atoms with Crippen LogP contribution in [-0.4, -0.2) is 32.6 Å². The van der Waals surface area contributed by atoms with E-state index < -0.39 is 0 Å². The summed E-state index contributed by atoms with van der Waals surface area (Å²) >= 11 is 0. The summed E-state index contributed by atoms with van der Waals surface area (Å²) in [6.07, 6.45) is 0. The Morgan fingerprint density at radius 3 is 2.47 bits per heavy atom. The molecule has 1 aromatic rings. The maximum Gasteiger partial charge on any atom is 0.231 e. The standard InChI is InChI=1S/C15H21NO3/c1-10(2)16-6-15(7-17-8-15)12-5-14-13(4-11(12)3)18-9-19-14/h4-5,10,16H,6-9H2,1-3H3. The molecular formula is C15H21NO3. The molecule has 0 aliphatic carbocycles. The maximum absolute atomic E-state index is 5.50. The van der Waals surface area contributed by atoms with Crippen molar-refractivity contribution < 1.29 is 14.2 Å². The number of nitrogens with one attached hydrogen (secondary N) is 1. The zero-order chi connectivity index (χ0) is 13.5. The topological polar surface area (TPSA) is 39.7 Å². The fourth-order valence-corrected chi connectivity index (χ4v) is 2.72. The number of fused-ring (bicyclic) bond motifs is 1. The van der Waals surface area contributed by atoms with Crippen LogP contribution in [-0.2, 0) is 10.2 Å². The highest BCUT2D eigenvalue weighted by molar-refractivity contribution is 5.51. The van der Waals surface area contributed by atoms with Crippen LogP contribution in [0.2, 0.25) is 0 Å². The molecule has 2 aliphatic heterocycles. The van der Waals surface area contributed by atoms with E-state index >= 15 is 0 Å². The van der Waals surface area contributed by atoms with Gasteiger partial charge in [0.15, 0.2) is 11.5 Å². The third kappa shape index (κ3) is 2.19. The van der Waals surface area contributed by atoms with Crippen molar-refractivity contribution in [3.63, 3.8) is 0 Å². The van der Waals surface area contributed by atoms with E-state index in [0.29, 0.717) is 12.8 Å². The lowest BCUT2D eigenvalue weighted by molar-refractivity contribution is -0.0600. The predicted octanol–water partition coefficient (Wildman–Crippen LogP) is 1.99. The average Bonchev–Trinajstić information content (AvgIpc) is 2.74. The second kappa shape index (κ2) is 4.69. The van der Waals surface area contributed by atoms with Crippen LogP contribution in [0.4, 0.5) is 0 Å². The van der Waals surface area contributed by atoms with E-state index in [-0.39, 0.29) is 5.41 Å². The first-order valence-corrected chi connectivity index (χ1v) is 6.83. The van der Waals surface area contributed by atoms with Gasteiger partial charge in [0.2, 0.25) is 6.79 Å². The van der Waals surface area contributed by atoms with Gasteiger partial charge < -0.3 is 19.5 Å². The molecule has 0 atom stereocenters. The van der Waals surface area contributed by atoms with Crippen LogP contribution < -0.4 is 14.8 Å². The highest BCUT2D eigenvalue weighted by atomic mass is 16.7. The van der Waals surface area contributed by atoms with E-state index in [9.17, 15) is 0 Å². The van der Waals surface area contributed by atoms with Gasteiger partial charge in [0.1, 0.15) is 0 Å². The first kappa shape index (κ1) is 12.8. The fourth-order valence-electron chi connectivity index (χ4n) is 2.72. The smallest absolute Gasteiger partial charge is 0.231 e. The number of aryl methyl sites for hydroxylation is 1. The molecule has 1 fully saturated rings. The van der Waals surface area contributed by atoms with Crippen LogP contribution >= 0.6 is 0 Å². The largest absolute Gasteiger partial charge is 0.454 e. The van der Waals surface area contributed by atoms with E-state index in [1.807, 2.05) is 0 Å². The van der Waals surface area contributed by atoms with Crippen LogP contribution in [0.3, 0.4) is 0 Å². The molecule has 0 spiro atoms. The Morgan fingerprint density at radius 2 is 1.89 bits per heavy atom. The summed E-state index contributed by atoms with van der Waals surface area (Å²) in [7, 11) is 0.